The molecule has 1 rings (SSSR count). The van der Waals surface area contributed by atoms with Crippen molar-refractivity contribution in [2.24, 2.45) is 0 Å². The van der Waals surface area contributed by atoms with Gasteiger partial charge in [-0.05, 0) is 32.5 Å². The number of aryl methyl sites for hydroxylation is 1. The molecular weight excluding hydrogens is 244 g/mol. The minimum Gasteiger partial charge on any atom is -0.312 e. The fourth-order valence-corrected chi connectivity index (χ4v) is 2.68. The average Bonchev–Trinajstić information content (AvgIpc) is 2.46. The molecule has 1 unspecified atom stereocenters. The topological polar surface area (TPSA) is 24.9 Å². The monoisotopic (exact) mass is 276 g/mol. The molecular formula is C18H32N2. The maximum Gasteiger partial charge on any atom is 0.0576 e. The Labute approximate surface area is 125 Å². The summed E-state index contributed by atoms with van der Waals surface area (Å²) in [5.41, 5.74) is 2.30. The molecule has 1 atom stereocenters. The lowest BCUT2D eigenvalue weighted by Crippen LogP contribution is -2.17. The summed E-state index contributed by atoms with van der Waals surface area (Å²) in [5.74, 6) is 0. The zero-order valence-corrected chi connectivity index (χ0v) is 13.6. The zero-order chi connectivity index (χ0) is 14.6. The van der Waals surface area contributed by atoms with Gasteiger partial charge in [0.25, 0.3) is 0 Å². The number of aromatic nitrogens is 1. The van der Waals surface area contributed by atoms with E-state index in [0.717, 1.165) is 5.69 Å². The largest absolute Gasteiger partial charge is 0.312 e. The highest BCUT2D eigenvalue weighted by atomic mass is 14.9. The van der Waals surface area contributed by atoms with Crippen molar-refractivity contribution in [3.05, 3.63) is 29.6 Å². The molecule has 1 N–H and O–H groups in total. The van der Waals surface area contributed by atoms with Gasteiger partial charge in [0.1, 0.15) is 0 Å². The van der Waals surface area contributed by atoms with Crippen molar-refractivity contribution >= 4 is 0 Å². The third-order valence-corrected chi connectivity index (χ3v) is 3.96. The normalized spacial score (nSPS) is 12.6. The maximum atomic E-state index is 4.63. The number of hydrogen-bond acceptors (Lipinski definition) is 2. The first-order valence-corrected chi connectivity index (χ1v) is 8.38. The maximum absolute atomic E-state index is 4.63. The van der Waals surface area contributed by atoms with Crippen LogP contribution in [0.4, 0.5) is 0 Å². The molecule has 0 aromatic carbocycles. The van der Waals surface area contributed by atoms with Crippen LogP contribution in [0.2, 0.25) is 0 Å². The van der Waals surface area contributed by atoms with Crippen LogP contribution in [0.1, 0.15) is 82.1 Å². The van der Waals surface area contributed by atoms with E-state index in [0.29, 0.717) is 6.04 Å². The smallest absolute Gasteiger partial charge is 0.0576 e. The predicted octanol–water partition coefficient (Wildman–Crippen LogP) is 5.18. The Hall–Kier alpha value is -0.890. The predicted molar refractivity (Wildman–Crippen MR) is 88.0 cm³/mol. The number of pyridine rings is 1. The van der Waals surface area contributed by atoms with Gasteiger partial charge in [0.05, 0.1) is 5.69 Å². The number of unbranched alkanes of at least 4 members (excludes halogenated alkanes) is 7. The minimum atomic E-state index is 0.412. The van der Waals surface area contributed by atoms with E-state index in [1.807, 2.05) is 7.05 Å². The molecule has 0 aliphatic rings. The number of hydrogen-bond donors (Lipinski definition) is 1. The quantitative estimate of drug-likeness (QED) is 0.563. The molecule has 1 heterocycles. The standard InChI is InChI=1S/C18H32N2/c1-4-5-6-7-8-9-10-11-14-17(19-3)18-15-12-13-16(2)20-18/h12-13,15,17,19H,4-11,14H2,1-3H3. The van der Waals surface area contributed by atoms with Gasteiger partial charge >= 0.3 is 0 Å². The molecule has 0 aliphatic heterocycles. The van der Waals surface area contributed by atoms with Crippen molar-refractivity contribution in [3.8, 4) is 0 Å². The molecule has 0 spiro atoms. The highest BCUT2D eigenvalue weighted by molar-refractivity contribution is 5.13. The average molecular weight is 276 g/mol. The van der Waals surface area contributed by atoms with Crippen LogP contribution in [0, 0.1) is 6.92 Å². The van der Waals surface area contributed by atoms with E-state index in [2.05, 4.69) is 42.3 Å². The molecule has 1 aromatic rings. The van der Waals surface area contributed by atoms with Gasteiger partial charge in [-0.2, -0.15) is 0 Å². The summed E-state index contributed by atoms with van der Waals surface area (Å²) in [6.45, 7) is 4.34. The van der Waals surface area contributed by atoms with Crippen LogP contribution >= 0.6 is 0 Å². The third-order valence-electron chi connectivity index (χ3n) is 3.96. The molecule has 0 fully saturated rings. The molecule has 0 radical (unpaired) electrons. The lowest BCUT2D eigenvalue weighted by molar-refractivity contribution is 0.486. The summed E-state index contributed by atoms with van der Waals surface area (Å²) in [6.07, 6.45) is 12.2. The highest BCUT2D eigenvalue weighted by Gasteiger charge is 2.09. The number of nitrogens with zero attached hydrogens (tertiary/aromatic N) is 1. The van der Waals surface area contributed by atoms with Crippen LogP contribution in [0.5, 0.6) is 0 Å². The van der Waals surface area contributed by atoms with Gasteiger partial charge in [-0.25, -0.2) is 0 Å². The van der Waals surface area contributed by atoms with Crippen molar-refractivity contribution in [2.75, 3.05) is 7.05 Å². The molecule has 20 heavy (non-hydrogen) atoms. The summed E-state index contributed by atoms with van der Waals surface area (Å²) in [7, 11) is 2.04. The van der Waals surface area contributed by atoms with E-state index < -0.39 is 0 Å². The van der Waals surface area contributed by atoms with Crippen molar-refractivity contribution in [2.45, 2.75) is 77.7 Å². The first-order chi connectivity index (χ1) is 9.77. The molecule has 0 bridgehead atoms. The lowest BCUT2D eigenvalue weighted by atomic mass is 10.0. The Bertz CT molecular complexity index is 349. The van der Waals surface area contributed by atoms with Crippen molar-refractivity contribution < 1.29 is 0 Å². The van der Waals surface area contributed by atoms with Gasteiger partial charge in [0.15, 0.2) is 0 Å². The number of rotatable bonds is 11. The van der Waals surface area contributed by atoms with Crippen molar-refractivity contribution in [1.29, 1.82) is 0 Å². The molecule has 0 aliphatic carbocycles. The molecule has 0 amide bonds. The van der Waals surface area contributed by atoms with Crippen LogP contribution in [-0.2, 0) is 0 Å². The summed E-state index contributed by atoms with van der Waals surface area (Å²) >= 11 is 0. The Kier molecular flexibility index (Phi) is 9.31. The van der Waals surface area contributed by atoms with Gasteiger partial charge in [0, 0.05) is 11.7 Å². The molecule has 0 saturated carbocycles. The van der Waals surface area contributed by atoms with E-state index in [1.54, 1.807) is 0 Å². The van der Waals surface area contributed by atoms with E-state index in [-0.39, 0.29) is 0 Å². The van der Waals surface area contributed by atoms with E-state index in [9.17, 15) is 0 Å². The van der Waals surface area contributed by atoms with Crippen LogP contribution in [0.25, 0.3) is 0 Å². The third kappa shape index (κ3) is 7.04. The lowest BCUT2D eigenvalue weighted by Gasteiger charge is -2.16. The second-order valence-electron chi connectivity index (χ2n) is 5.81. The zero-order valence-electron chi connectivity index (χ0n) is 13.6. The van der Waals surface area contributed by atoms with Crippen LogP contribution < -0.4 is 5.32 Å². The van der Waals surface area contributed by atoms with E-state index >= 15 is 0 Å². The Morgan fingerprint density at radius 2 is 1.65 bits per heavy atom. The number of nitrogens with one attached hydrogen (secondary N) is 1. The Morgan fingerprint density at radius 3 is 2.25 bits per heavy atom. The summed E-state index contributed by atoms with van der Waals surface area (Å²) in [4.78, 5) is 4.63. The SMILES string of the molecule is CCCCCCCCCCC(NC)c1cccc(C)n1. The van der Waals surface area contributed by atoms with Gasteiger partial charge in [-0.1, -0.05) is 64.4 Å². The van der Waals surface area contributed by atoms with Crippen LogP contribution in [-0.4, -0.2) is 12.0 Å². The Morgan fingerprint density at radius 1 is 1.00 bits per heavy atom. The van der Waals surface area contributed by atoms with Gasteiger partial charge in [0.2, 0.25) is 0 Å². The van der Waals surface area contributed by atoms with E-state index in [4.69, 9.17) is 0 Å². The molecule has 114 valence electrons. The molecule has 2 heteroatoms. The second kappa shape index (κ2) is 10.8. The van der Waals surface area contributed by atoms with Crippen molar-refractivity contribution in [1.82, 2.24) is 10.3 Å². The van der Waals surface area contributed by atoms with Crippen LogP contribution in [0.3, 0.4) is 0 Å². The molecule has 2 nitrogen and oxygen atoms in total. The highest BCUT2D eigenvalue weighted by Crippen LogP contribution is 2.19. The van der Waals surface area contributed by atoms with Gasteiger partial charge in [-0.15, -0.1) is 0 Å². The first-order valence-electron chi connectivity index (χ1n) is 8.38. The summed E-state index contributed by atoms with van der Waals surface area (Å²) in [6, 6.07) is 6.72. The van der Waals surface area contributed by atoms with E-state index in [1.165, 1.54) is 63.5 Å². The fourth-order valence-electron chi connectivity index (χ4n) is 2.68. The van der Waals surface area contributed by atoms with Crippen molar-refractivity contribution in [3.63, 3.8) is 0 Å². The summed E-state index contributed by atoms with van der Waals surface area (Å²) < 4.78 is 0. The van der Waals surface area contributed by atoms with Crippen LogP contribution in [0.15, 0.2) is 18.2 Å². The summed E-state index contributed by atoms with van der Waals surface area (Å²) in [5, 5.41) is 3.40. The molecule has 0 saturated heterocycles. The first kappa shape index (κ1) is 17.2. The second-order valence-corrected chi connectivity index (χ2v) is 5.81. The minimum absolute atomic E-state index is 0.412. The van der Waals surface area contributed by atoms with Gasteiger partial charge in [-0.3, -0.25) is 4.98 Å². The molecule has 1 aromatic heterocycles. The fraction of sp³-hybridized carbons (Fsp3) is 0.722. The Balaban J connectivity index is 2.16. The van der Waals surface area contributed by atoms with Gasteiger partial charge < -0.3 is 5.32 Å².